The molecule has 0 heterocycles. The number of phenolic OH excluding ortho intramolecular Hbond substituents is 1. The lowest BCUT2D eigenvalue weighted by atomic mass is 10.1. The molecular weight excluding hydrogens is 200 g/mol. The van der Waals surface area contributed by atoms with Crippen molar-refractivity contribution < 1.29 is 9.90 Å². The minimum atomic E-state index is -0.127. The molecule has 0 unspecified atom stereocenters. The largest absolute Gasteiger partial charge is 0.507 e. The fraction of sp³-hybridized carbons (Fsp3) is 0.357. The first-order valence-electron chi connectivity index (χ1n) is 5.65. The Morgan fingerprint density at radius 3 is 2.88 bits per heavy atom. The van der Waals surface area contributed by atoms with Crippen LogP contribution >= 0.6 is 0 Å². The molecule has 16 heavy (non-hydrogen) atoms. The van der Waals surface area contributed by atoms with Gasteiger partial charge in [-0.3, -0.25) is 4.79 Å². The maximum atomic E-state index is 11.7. The van der Waals surface area contributed by atoms with Crippen LogP contribution in [0.4, 0.5) is 0 Å². The molecule has 0 aromatic heterocycles. The molecule has 0 amide bonds. The van der Waals surface area contributed by atoms with Gasteiger partial charge in [0.15, 0.2) is 5.78 Å². The van der Waals surface area contributed by atoms with E-state index in [1.165, 1.54) is 0 Å². The zero-order valence-corrected chi connectivity index (χ0v) is 9.86. The van der Waals surface area contributed by atoms with Gasteiger partial charge in [-0.15, -0.1) is 0 Å². The van der Waals surface area contributed by atoms with Gasteiger partial charge in [-0.05, 0) is 31.6 Å². The van der Waals surface area contributed by atoms with Gasteiger partial charge in [-0.2, -0.15) is 0 Å². The highest BCUT2D eigenvalue weighted by Gasteiger charge is 2.07. The van der Waals surface area contributed by atoms with Crippen LogP contribution in [0.15, 0.2) is 30.4 Å². The van der Waals surface area contributed by atoms with Gasteiger partial charge in [0.2, 0.25) is 0 Å². The summed E-state index contributed by atoms with van der Waals surface area (Å²) in [5.74, 6) is -0.0759. The average molecular weight is 218 g/mol. The van der Waals surface area contributed by atoms with Crippen LogP contribution in [0.5, 0.6) is 5.75 Å². The molecule has 2 nitrogen and oxygen atoms in total. The van der Waals surface area contributed by atoms with Crippen LogP contribution in [0.2, 0.25) is 0 Å². The quantitative estimate of drug-likeness (QED) is 0.465. The number of carbonyl (C=O) groups is 1. The second-order valence-corrected chi connectivity index (χ2v) is 3.93. The number of aryl methyl sites for hydroxylation is 1. The molecule has 0 bridgehead atoms. The van der Waals surface area contributed by atoms with Gasteiger partial charge >= 0.3 is 0 Å². The number of rotatable bonds is 5. The summed E-state index contributed by atoms with van der Waals surface area (Å²) < 4.78 is 0. The third kappa shape index (κ3) is 3.54. The zero-order valence-electron chi connectivity index (χ0n) is 9.86. The van der Waals surface area contributed by atoms with E-state index in [9.17, 15) is 9.90 Å². The molecule has 1 rings (SSSR count). The summed E-state index contributed by atoms with van der Waals surface area (Å²) in [6.07, 6.45) is 6.53. The van der Waals surface area contributed by atoms with Gasteiger partial charge in [0.05, 0.1) is 5.56 Å². The fourth-order valence-corrected chi connectivity index (χ4v) is 1.45. The topological polar surface area (TPSA) is 37.3 Å². The molecule has 0 saturated heterocycles. The van der Waals surface area contributed by atoms with Crippen molar-refractivity contribution in [2.75, 3.05) is 0 Å². The smallest absolute Gasteiger partial charge is 0.189 e. The summed E-state index contributed by atoms with van der Waals surface area (Å²) in [6.45, 7) is 4.01. The van der Waals surface area contributed by atoms with Gasteiger partial charge in [-0.1, -0.05) is 37.5 Å². The first-order valence-corrected chi connectivity index (χ1v) is 5.65. The van der Waals surface area contributed by atoms with Crippen molar-refractivity contribution in [1.29, 1.82) is 0 Å². The lowest BCUT2D eigenvalue weighted by Crippen LogP contribution is -1.95. The van der Waals surface area contributed by atoms with Gasteiger partial charge in [-0.25, -0.2) is 0 Å². The average Bonchev–Trinajstić information content (AvgIpc) is 2.27. The molecule has 2 heteroatoms. The van der Waals surface area contributed by atoms with E-state index in [0.717, 1.165) is 24.8 Å². The van der Waals surface area contributed by atoms with Crippen molar-refractivity contribution >= 4 is 5.78 Å². The highest BCUT2D eigenvalue weighted by molar-refractivity contribution is 6.06. The number of hydrogen-bond donors (Lipinski definition) is 1. The molecular formula is C14H18O2. The molecule has 86 valence electrons. The second-order valence-electron chi connectivity index (χ2n) is 3.93. The van der Waals surface area contributed by atoms with Crippen molar-refractivity contribution in [2.24, 2.45) is 0 Å². The molecule has 0 fully saturated rings. The lowest BCUT2D eigenvalue weighted by Gasteiger charge is -2.01. The molecule has 0 radical (unpaired) electrons. The number of hydrogen-bond acceptors (Lipinski definition) is 2. The molecule has 0 aliphatic heterocycles. The van der Waals surface area contributed by atoms with E-state index in [0.29, 0.717) is 5.56 Å². The normalized spacial score (nSPS) is 10.9. The second kappa shape index (κ2) is 6.11. The fourth-order valence-electron chi connectivity index (χ4n) is 1.45. The summed E-state index contributed by atoms with van der Waals surface area (Å²) in [5.41, 5.74) is 1.36. The van der Waals surface area contributed by atoms with E-state index in [-0.39, 0.29) is 11.5 Å². The Hall–Kier alpha value is -1.57. The van der Waals surface area contributed by atoms with E-state index in [2.05, 4.69) is 6.92 Å². The van der Waals surface area contributed by atoms with Crippen LogP contribution in [-0.2, 0) is 0 Å². The maximum absolute atomic E-state index is 11.7. The van der Waals surface area contributed by atoms with E-state index in [4.69, 9.17) is 0 Å². The van der Waals surface area contributed by atoms with Crippen LogP contribution in [-0.4, -0.2) is 10.9 Å². The Labute approximate surface area is 96.6 Å². The number of ketones is 1. The number of aromatic hydroxyl groups is 1. The molecule has 0 atom stereocenters. The Kier molecular flexibility index (Phi) is 4.77. The van der Waals surface area contributed by atoms with Crippen molar-refractivity contribution in [3.05, 3.63) is 41.5 Å². The first kappa shape index (κ1) is 12.5. The van der Waals surface area contributed by atoms with Gasteiger partial charge < -0.3 is 5.11 Å². The molecule has 1 aromatic rings. The van der Waals surface area contributed by atoms with Crippen molar-refractivity contribution in [3.63, 3.8) is 0 Å². The van der Waals surface area contributed by atoms with E-state index in [1.807, 2.05) is 13.0 Å². The maximum Gasteiger partial charge on any atom is 0.189 e. The molecule has 0 spiro atoms. The van der Waals surface area contributed by atoms with Crippen LogP contribution in [0.3, 0.4) is 0 Å². The lowest BCUT2D eigenvalue weighted by molar-refractivity contribution is 0.104. The Morgan fingerprint density at radius 2 is 2.19 bits per heavy atom. The van der Waals surface area contributed by atoms with Crippen molar-refractivity contribution in [1.82, 2.24) is 0 Å². The molecule has 0 aliphatic rings. The number of phenols is 1. The monoisotopic (exact) mass is 218 g/mol. The van der Waals surface area contributed by atoms with E-state index < -0.39 is 0 Å². The predicted molar refractivity (Wildman–Crippen MR) is 65.8 cm³/mol. The summed E-state index contributed by atoms with van der Waals surface area (Å²) in [6, 6.07) is 5.05. The summed E-state index contributed by atoms with van der Waals surface area (Å²) in [5, 5.41) is 9.55. The van der Waals surface area contributed by atoms with Crippen molar-refractivity contribution in [3.8, 4) is 5.75 Å². The third-order valence-electron chi connectivity index (χ3n) is 2.41. The molecule has 0 saturated carbocycles. The third-order valence-corrected chi connectivity index (χ3v) is 2.41. The Balaban J connectivity index is 2.72. The van der Waals surface area contributed by atoms with Crippen molar-refractivity contribution in [2.45, 2.75) is 33.1 Å². The van der Waals surface area contributed by atoms with Crippen LogP contribution in [0, 0.1) is 6.92 Å². The van der Waals surface area contributed by atoms with Gasteiger partial charge in [0, 0.05) is 0 Å². The number of benzene rings is 1. The van der Waals surface area contributed by atoms with Crippen LogP contribution in [0.25, 0.3) is 0 Å². The molecule has 1 N–H and O–H groups in total. The summed E-state index contributed by atoms with van der Waals surface area (Å²) in [7, 11) is 0. The van der Waals surface area contributed by atoms with E-state index in [1.54, 1.807) is 24.3 Å². The molecule has 1 aromatic carbocycles. The van der Waals surface area contributed by atoms with Crippen LogP contribution < -0.4 is 0 Å². The van der Waals surface area contributed by atoms with Crippen LogP contribution in [0.1, 0.15) is 42.1 Å². The van der Waals surface area contributed by atoms with Gasteiger partial charge in [0.1, 0.15) is 5.75 Å². The molecule has 0 aliphatic carbocycles. The predicted octanol–water partition coefficient (Wildman–Crippen LogP) is 3.63. The highest BCUT2D eigenvalue weighted by Crippen LogP contribution is 2.19. The minimum Gasteiger partial charge on any atom is -0.507 e. The SMILES string of the molecule is CCCCC=CC(=O)c1cc(C)ccc1O. The van der Waals surface area contributed by atoms with E-state index >= 15 is 0 Å². The summed E-state index contributed by atoms with van der Waals surface area (Å²) >= 11 is 0. The number of unbranched alkanes of at least 4 members (excludes halogenated alkanes) is 2. The highest BCUT2D eigenvalue weighted by atomic mass is 16.3. The number of carbonyl (C=O) groups excluding carboxylic acids is 1. The first-order chi connectivity index (χ1) is 7.65. The zero-order chi connectivity index (χ0) is 12.0. The minimum absolute atomic E-state index is 0.0516. The summed E-state index contributed by atoms with van der Waals surface area (Å²) in [4.78, 5) is 11.7. The standard InChI is InChI=1S/C14H18O2/c1-3-4-5-6-7-13(15)12-10-11(2)8-9-14(12)16/h6-10,16H,3-5H2,1-2H3. The Morgan fingerprint density at radius 1 is 1.44 bits per heavy atom. The van der Waals surface area contributed by atoms with Gasteiger partial charge in [0.25, 0.3) is 0 Å². The Bertz CT molecular complexity index is 392. The number of allylic oxidation sites excluding steroid dienone is 2.